The molecule has 0 aromatic carbocycles. The number of nitrogens with one attached hydrogen (secondary N) is 3. The van der Waals surface area contributed by atoms with Crippen molar-refractivity contribution in [1.82, 2.24) is 25.2 Å². The molecule has 1 heterocycles. The third kappa shape index (κ3) is 9.67. The number of urea groups is 1. The quantitative estimate of drug-likeness (QED) is 0.202. The van der Waals surface area contributed by atoms with Crippen molar-refractivity contribution >= 4 is 39.6 Å². The first-order valence-corrected chi connectivity index (χ1v) is 18.5. The smallest absolute Gasteiger partial charge is 0.315 e. The van der Waals surface area contributed by atoms with Crippen LogP contribution in [0.4, 0.5) is 4.79 Å². The van der Waals surface area contributed by atoms with Crippen LogP contribution in [0, 0.1) is 28.6 Å². The molecule has 0 bridgehead atoms. The standard InChI is InChI=1S/C33H58N6O7S/c1-19(2)22-15-16-39(25(22)29(42)35-23(26(40)28(34)41)17-20-11-10-12-20)30(43)27(33(6,7)8)37-31(44)36-24(32(3,4)5)18-38(9)47(45,46)21-13-14-21/h19-25,27H,10-18H2,1-9H3,(H2,34,41)(H,35,42)(H2,36,37,44)/t22-,23?,24-,25+,27-/m1/s1. The Balaban J connectivity index is 1.82. The highest BCUT2D eigenvalue weighted by atomic mass is 32.2. The summed E-state index contributed by atoms with van der Waals surface area (Å²) in [6.07, 6.45) is 4.97. The Morgan fingerprint density at radius 2 is 1.49 bits per heavy atom. The molecule has 1 unspecified atom stereocenters. The molecule has 2 aliphatic carbocycles. The molecule has 5 N–H and O–H groups in total. The highest BCUT2D eigenvalue weighted by Gasteiger charge is 2.48. The lowest BCUT2D eigenvalue weighted by molar-refractivity contribution is -0.144. The van der Waals surface area contributed by atoms with Crippen molar-refractivity contribution < 1.29 is 32.4 Å². The van der Waals surface area contributed by atoms with Gasteiger partial charge in [0.2, 0.25) is 27.6 Å². The van der Waals surface area contributed by atoms with Gasteiger partial charge in [-0.05, 0) is 54.3 Å². The fourth-order valence-corrected chi connectivity index (χ4v) is 8.08. The van der Waals surface area contributed by atoms with E-state index in [4.69, 9.17) is 5.73 Å². The molecule has 3 fully saturated rings. The summed E-state index contributed by atoms with van der Waals surface area (Å²) in [6, 6.07) is -4.19. The molecule has 1 saturated heterocycles. The van der Waals surface area contributed by atoms with Crippen LogP contribution in [0.3, 0.4) is 0 Å². The minimum absolute atomic E-state index is 0.0290. The van der Waals surface area contributed by atoms with Gasteiger partial charge in [0.05, 0.1) is 11.3 Å². The Hall–Kier alpha value is -2.74. The van der Waals surface area contributed by atoms with Crippen LogP contribution in [0.2, 0.25) is 0 Å². The van der Waals surface area contributed by atoms with E-state index in [1.807, 2.05) is 55.4 Å². The van der Waals surface area contributed by atoms with Crippen LogP contribution in [0.25, 0.3) is 0 Å². The fraction of sp³-hybridized carbons (Fsp3) is 0.848. The molecule has 47 heavy (non-hydrogen) atoms. The second-order valence-corrected chi connectivity index (χ2v) is 18.7. The summed E-state index contributed by atoms with van der Waals surface area (Å²) < 4.78 is 27.0. The highest BCUT2D eigenvalue weighted by Crippen LogP contribution is 2.35. The molecule has 0 aromatic rings. The first kappa shape index (κ1) is 38.7. The summed E-state index contributed by atoms with van der Waals surface area (Å²) in [7, 11) is -1.94. The van der Waals surface area contributed by atoms with Crippen LogP contribution in [-0.4, -0.2) is 96.7 Å². The van der Waals surface area contributed by atoms with E-state index in [0.29, 0.717) is 25.7 Å². The second kappa shape index (κ2) is 14.8. The van der Waals surface area contributed by atoms with Crippen molar-refractivity contribution in [3.8, 4) is 0 Å². The number of nitrogens with two attached hydrogens (primary N) is 1. The topological polar surface area (TPSA) is 188 Å². The lowest BCUT2D eigenvalue weighted by Crippen LogP contribution is -2.62. The van der Waals surface area contributed by atoms with Gasteiger partial charge in [0, 0.05) is 26.2 Å². The molecule has 0 spiro atoms. The lowest BCUT2D eigenvalue weighted by atomic mass is 9.80. The minimum atomic E-state index is -3.46. The van der Waals surface area contributed by atoms with E-state index in [9.17, 15) is 32.4 Å². The lowest BCUT2D eigenvalue weighted by Gasteiger charge is -2.38. The number of sulfonamides is 1. The third-order valence-corrected chi connectivity index (χ3v) is 12.4. The number of likely N-dealkylation sites (N-methyl/N-ethyl adjacent to an activating group) is 1. The van der Waals surface area contributed by atoms with E-state index < -0.39 is 74.6 Å². The van der Waals surface area contributed by atoms with Crippen LogP contribution < -0.4 is 21.7 Å². The number of nitrogens with zero attached hydrogens (tertiary/aromatic N) is 2. The number of ketones is 1. The van der Waals surface area contributed by atoms with Gasteiger partial charge < -0.3 is 26.6 Å². The van der Waals surface area contributed by atoms with Crippen molar-refractivity contribution in [1.29, 1.82) is 0 Å². The molecule has 5 amide bonds. The zero-order chi connectivity index (χ0) is 35.6. The Morgan fingerprint density at radius 3 is 1.94 bits per heavy atom. The Bertz CT molecular complexity index is 1300. The molecular weight excluding hydrogens is 624 g/mol. The summed E-state index contributed by atoms with van der Waals surface area (Å²) in [5.41, 5.74) is 4.06. The van der Waals surface area contributed by atoms with Crippen LogP contribution in [0.1, 0.15) is 100 Å². The van der Waals surface area contributed by atoms with Gasteiger partial charge in [-0.25, -0.2) is 17.5 Å². The fourth-order valence-electron chi connectivity index (χ4n) is 6.48. The number of amides is 5. The SMILES string of the molecule is CC(C)[C@H]1CCN(C(=O)[C@@H](NC(=O)N[C@H](CN(C)S(=O)(=O)C2CC2)C(C)(C)C)C(C)(C)C)[C@@H]1C(=O)NC(CC1CCC1)C(=O)C(N)=O. The molecule has 0 aromatic heterocycles. The Kier molecular flexibility index (Phi) is 12.2. The minimum Gasteiger partial charge on any atom is -0.363 e. The molecule has 2 saturated carbocycles. The maximum Gasteiger partial charge on any atom is 0.315 e. The molecular formula is C33H58N6O7S. The number of hydrogen-bond donors (Lipinski definition) is 4. The van der Waals surface area contributed by atoms with Crippen LogP contribution in [0.5, 0.6) is 0 Å². The van der Waals surface area contributed by atoms with E-state index in [2.05, 4.69) is 16.0 Å². The predicted octanol–water partition coefficient (Wildman–Crippen LogP) is 2.14. The molecule has 5 atom stereocenters. The van der Waals surface area contributed by atoms with Crippen LogP contribution >= 0.6 is 0 Å². The van der Waals surface area contributed by atoms with Crippen LogP contribution in [0.15, 0.2) is 0 Å². The first-order chi connectivity index (χ1) is 21.5. The molecule has 14 heteroatoms. The number of Topliss-reactive ketones (excluding diaryl/α,β-unsaturated/α-hetero) is 1. The van der Waals surface area contributed by atoms with Crippen molar-refractivity contribution in [2.24, 2.45) is 34.3 Å². The number of rotatable bonds is 14. The zero-order valence-electron chi connectivity index (χ0n) is 29.7. The van der Waals surface area contributed by atoms with Crippen molar-refractivity contribution in [2.45, 2.75) is 130 Å². The molecule has 1 aliphatic heterocycles. The van der Waals surface area contributed by atoms with E-state index in [1.165, 1.54) is 16.3 Å². The van der Waals surface area contributed by atoms with Gasteiger partial charge in [-0.1, -0.05) is 74.7 Å². The molecule has 3 aliphatic rings. The third-order valence-electron chi connectivity index (χ3n) is 10.1. The van der Waals surface area contributed by atoms with Gasteiger partial charge in [-0.2, -0.15) is 0 Å². The maximum absolute atomic E-state index is 14.3. The van der Waals surface area contributed by atoms with Gasteiger partial charge in [0.25, 0.3) is 5.91 Å². The summed E-state index contributed by atoms with van der Waals surface area (Å²) >= 11 is 0. The largest absolute Gasteiger partial charge is 0.363 e. The molecule has 0 radical (unpaired) electrons. The molecule has 13 nitrogen and oxygen atoms in total. The Morgan fingerprint density at radius 1 is 0.894 bits per heavy atom. The number of likely N-dealkylation sites (tertiary alicyclic amines) is 1. The first-order valence-electron chi connectivity index (χ1n) is 17.0. The van der Waals surface area contributed by atoms with Gasteiger partial charge in [0.15, 0.2) is 0 Å². The summed E-state index contributed by atoms with van der Waals surface area (Å²) in [5, 5.41) is 8.16. The predicted molar refractivity (Wildman–Crippen MR) is 179 cm³/mol. The molecule has 3 rings (SSSR count). The normalized spacial score (nSPS) is 22.7. The van der Waals surface area contributed by atoms with Gasteiger partial charge in [-0.15, -0.1) is 0 Å². The maximum atomic E-state index is 14.3. The molecule has 268 valence electrons. The summed E-state index contributed by atoms with van der Waals surface area (Å²) in [6.45, 7) is 15.5. The second-order valence-electron chi connectivity index (χ2n) is 16.4. The average Bonchev–Trinajstić information content (AvgIpc) is 3.69. The summed E-state index contributed by atoms with van der Waals surface area (Å²) in [4.78, 5) is 67.8. The van der Waals surface area contributed by atoms with Gasteiger partial charge >= 0.3 is 6.03 Å². The number of primary amides is 1. The highest BCUT2D eigenvalue weighted by molar-refractivity contribution is 7.90. The van der Waals surface area contributed by atoms with E-state index >= 15 is 0 Å². The van der Waals surface area contributed by atoms with Crippen molar-refractivity contribution in [2.75, 3.05) is 20.1 Å². The van der Waals surface area contributed by atoms with E-state index in [-0.39, 0.29) is 36.1 Å². The van der Waals surface area contributed by atoms with Crippen molar-refractivity contribution in [3.63, 3.8) is 0 Å². The van der Waals surface area contributed by atoms with Gasteiger partial charge in [-0.3, -0.25) is 19.2 Å². The average molecular weight is 683 g/mol. The van der Waals surface area contributed by atoms with E-state index in [1.54, 1.807) is 0 Å². The van der Waals surface area contributed by atoms with Crippen molar-refractivity contribution in [3.05, 3.63) is 0 Å². The number of carbonyl (C=O) groups excluding carboxylic acids is 5. The van der Waals surface area contributed by atoms with E-state index in [0.717, 1.165) is 19.3 Å². The number of hydrogen-bond acceptors (Lipinski definition) is 7. The zero-order valence-corrected chi connectivity index (χ0v) is 30.5. The van der Waals surface area contributed by atoms with Crippen LogP contribution in [-0.2, 0) is 29.2 Å². The summed E-state index contributed by atoms with van der Waals surface area (Å²) in [5.74, 6) is -2.88. The number of carbonyl (C=O) groups is 5. The Labute approximate surface area is 280 Å². The monoisotopic (exact) mass is 682 g/mol. The van der Waals surface area contributed by atoms with Gasteiger partial charge in [0.1, 0.15) is 12.1 Å².